The first kappa shape index (κ1) is 25.7. The van der Waals surface area contributed by atoms with Crippen LogP contribution in [0.4, 0.5) is 26.3 Å². The van der Waals surface area contributed by atoms with Crippen LogP contribution in [0, 0.1) is 0 Å². The Labute approximate surface area is 203 Å². The number of halogens is 6. The molecule has 0 aromatic heterocycles. The molecule has 0 aliphatic carbocycles. The van der Waals surface area contributed by atoms with E-state index in [1.165, 1.54) is 12.1 Å². The summed E-state index contributed by atoms with van der Waals surface area (Å²) < 4.78 is 83.3. The van der Waals surface area contributed by atoms with Gasteiger partial charge in [-0.2, -0.15) is 26.3 Å². The van der Waals surface area contributed by atoms with E-state index >= 15 is 0 Å². The second-order valence-electron chi connectivity index (χ2n) is 8.47. The lowest BCUT2D eigenvalue weighted by atomic mass is 9.95. The van der Waals surface area contributed by atoms with E-state index in [0.717, 1.165) is 23.3 Å². The minimum Gasteiger partial charge on any atom is -0.424 e. The molecule has 36 heavy (non-hydrogen) atoms. The van der Waals surface area contributed by atoms with E-state index in [9.17, 15) is 31.1 Å². The molecule has 0 radical (unpaired) electrons. The number of rotatable bonds is 6. The molecule has 0 saturated carbocycles. The van der Waals surface area contributed by atoms with Crippen molar-refractivity contribution in [1.82, 2.24) is 10.6 Å². The van der Waals surface area contributed by atoms with Gasteiger partial charge in [0.25, 0.3) is 0 Å². The maximum atomic E-state index is 13.2. The second-order valence-corrected chi connectivity index (χ2v) is 8.47. The van der Waals surface area contributed by atoms with Crippen molar-refractivity contribution >= 4 is 5.97 Å². The minimum absolute atomic E-state index is 0.0340. The molecule has 190 valence electrons. The van der Waals surface area contributed by atoms with Crippen LogP contribution in [0.5, 0.6) is 0 Å². The average Bonchev–Trinajstić information content (AvgIpc) is 3.23. The normalized spacial score (nSPS) is 22.4. The summed E-state index contributed by atoms with van der Waals surface area (Å²) in [5, 5.41) is 6.09. The van der Waals surface area contributed by atoms with Crippen molar-refractivity contribution < 1.29 is 35.9 Å². The molecule has 1 aliphatic rings. The molecular weight excluding hydrogens is 486 g/mol. The summed E-state index contributed by atoms with van der Waals surface area (Å²) in [6.45, 7) is 0. The third-order valence-electron chi connectivity index (χ3n) is 5.97. The number of nitrogens with one attached hydrogen (secondary N) is 2. The van der Waals surface area contributed by atoms with Crippen molar-refractivity contribution in [1.29, 1.82) is 0 Å². The van der Waals surface area contributed by atoms with E-state index in [-0.39, 0.29) is 12.8 Å². The number of alkyl halides is 6. The highest BCUT2D eigenvalue weighted by Crippen LogP contribution is 2.40. The predicted octanol–water partition coefficient (Wildman–Crippen LogP) is 6.07. The average molecular weight is 508 g/mol. The summed E-state index contributed by atoms with van der Waals surface area (Å²) >= 11 is 0. The highest BCUT2D eigenvalue weighted by atomic mass is 19.4. The highest BCUT2D eigenvalue weighted by molar-refractivity contribution is 5.76. The Morgan fingerprint density at radius 3 is 1.64 bits per heavy atom. The van der Waals surface area contributed by atoms with Gasteiger partial charge in [-0.25, -0.2) is 4.79 Å². The lowest BCUT2D eigenvalue weighted by molar-refractivity contribution is -0.219. The maximum Gasteiger partial charge on any atom is 0.491 e. The Kier molecular flexibility index (Phi) is 7.10. The summed E-state index contributed by atoms with van der Waals surface area (Å²) in [5.41, 5.74) is 1.10. The van der Waals surface area contributed by atoms with E-state index < -0.39 is 41.8 Å². The maximum absolute atomic E-state index is 13.2. The van der Waals surface area contributed by atoms with Crippen molar-refractivity contribution in [2.45, 2.75) is 43.1 Å². The fraction of sp³-hybridized carbons (Fsp3) is 0.269. The molecule has 1 aliphatic heterocycles. The van der Waals surface area contributed by atoms with Gasteiger partial charge in [-0.1, -0.05) is 72.8 Å². The van der Waals surface area contributed by atoms with Crippen LogP contribution in [0.3, 0.4) is 0 Å². The van der Waals surface area contributed by atoms with Crippen LogP contribution in [0.1, 0.15) is 40.8 Å². The predicted molar refractivity (Wildman–Crippen MR) is 119 cm³/mol. The molecule has 3 aromatic rings. The first-order valence-electron chi connectivity index (χ1n) is 11.1. The van der Waals surface area contributed by atoms with E-state index in [4.69, 9.17) is 4.74 Å². The van der Waals surface area contributed by atoms with Crippen LogP contribution in [-0.4, -0.2) is 18.0 Å². The Hall–Kier alpha value is -3.37. The number of hydrogen-bond acceptors (Lipinski definition) is 4. The number of hydrogen-bond donors (Lipinski definition) is 2. The lowest BCUT2D eigenvalue weighted by Crippen LogP contribution is -2.55. The van der Waals surface area contributed by atoms with Gasteiger partial charge >= 0.3 is 18.3 Å². The first-order chi connectivity index (χ1) is 17.0. The van der Waals surface area contributed by atoms with Crippen LogP contribution in [0.15, 0.2) is 84.9 Å². The fourth-order valence-corrected chi connectivity index (χ4v) is 4.23. The lowest BCUT2D eigenvalue weighted by Gasteiger charge is -2.31. The van der Waals surface area contributed by atoms with Crippen LogP contribution in [0.25, 0.3) is 0 Å². The molecule has 1 saturated heterocycles. The van der Waals surface area contributed by atoms with Crippen LogP contribution >= 0.6 is 0 Å². The van der Waals surface area contributed by atoms with E-state index in [1.54, 1.807) is 60.7 Å². The van der Waals surface area contributed by atoms with Crippen molar-refractivity contribution in [3.05, 3.63) is 107 Å². The summed E-state index contributed by atoms with van der Waals surface area (Å²) in [4.78, 5) is 11.9. The number of esters is 1. The van der Waals surface area contributed by atoms with Crippen molar-refractivity contribution in [3.63, 3.8) is 0 Å². The molecule has 2 unspecified atom stereocenters. The zero-order chi connectivity index (χ0) is 26.0. The second kappa shape index (κ2) is 9.94. The van der Waals surface area contributed by atoms with Crippen molar-refractivity contribution in [2.24, 2.45) is 0 Å². The zero-order valence-corrected chi connectivity index (χ0v) is 18.7. The zero-order valence-electron chi connectivity index (χ0n) is 18.7. The number of ether oxygens (including phenoxy) is 1. The SMILES string of the molecule is O=C(OC1(CCc2ccc(C(F)(F)F)cc2)NC(c2ccccc2)C(c2ccccc2)N1)C(F)(F)F. The van der Waals surface area contributed by atoms with E-state index in [1.807, 2.05) is 0 Å². The molecule has 3 aromatic carbocycles. The summed E-state index contributed by atoms with van der Waals surface area (Å²) in [6, 6.07) is 21.1. The standard InChI is InChI=1S/C26H22F6N2O2/c27-25(28,29)20-13-11-17(12-14-20)15-16-24(36-23(35)26(30,31)32)33-21(18-7-3-1-4-8-18)22(34-24)19-9-5-2-6-10-19/h1-14,21-22,33-34H,15-16H2. The van der Waals surface area contributed by atoms with E-state index in [2.05, 4.69) is 10.6 Å². The Balaban J connectivity index is 1.66. The molecule has 0 amide bonds. The molecule has 1 fully saturated rings. The Morgan fingerprint density at radius 1 is 0.750 bits per heavy atom. The van der Waals surface area contributed by atoms with Gasteiger partial charge < -0.3 is 4.74 Å². The number of benzene rings is 3. The van der Waals surface area contributed by atoms with Gasteiger partial charge in [0.05, 0.1) is 17.6 Å². The number of carbonyl (C=O) groups is 1. The molecule has 2 atom stereocenters. The third kappa shape index (κ3) is 5.88. The fourth-order valence-electron chi connectivity index (χ4n) is 4.23. The van der Waals surface area contributed by atoms with Gasteiger partial charge in [0, 0.05) is 6.42 Å². The van der Waals surface area contributed by atoms with Crippen LogP contribution in [-0.2, 0) is 22.1 Å². The highest BCUT2D eigenvalue weighted by Gasteiger charge is 2.52. The summed E-state index contributed by atoms with van der Waals surface area (Å²) in [6.07, 6.45) is -9.89. The summed E-state index contributed by atoms with van der Waals surface area (Å²) in [7, 11) is 0. The Morgan fingerprint density at radius 2 is 1.22 bits per heavy atom. The van der Waals surface area contributed by atoms with Gasteiger partial charge in [-0.3, -0.25) is 10.6 Å². The van der Waals surface area contributed by atoms with Gasteiger partial charge in [-0.15, -0.1) is 0 Å². The van der Waals surface area contributed by atoms with Crippen molar-refractivity contribution in [2.75, 3.05) is 0 Å². The number of carbonyl (C=O) groups excluding carboxylic acids is 1. The van der Waals surface area contributed by atoms with Gasteiger partial charge in [0.2, 0.25) is 5.85 Å². The molecular formula is C26H22F6N2O2. The minimum atomic E-state index is -5.24. The van der Waals surface area contributed by atoms with E-state index in [0.29, 0.717) is 5.56 Å². The molecule has 10 heteroatoms. The smallest absolute Gasteiger partial charge is 0.424 e. The van der Waals surface area contributed by atoms with Gasteiger partial charge in [0.15, 0.2) is 0 Å². The Bertz CT molecular complexity index is 1120. The molecule has 4 nitrogen and oxygen atoms in total. The van der Waals surface area contributed by atoms with Crippen LogP contribution in [0.2, 0.25) is 0 Å². The molecule has 4 rings (SSSR count). The molecule has 2 N–H and O–H groups in total. The first-order valence-corrected chi connectivity index (χ1v) is 11.1. The number of aryl methyl sites for hydroxylation is 1. The molecule has 1 heterocycles. The monoisotopic (exact) mass is 508 g/mol. The van der Waals surface area contributed by atoms with Crippen molar-refractivity contribution in [3.8, 4) is 0 Å². The molecule has 0 bridgehead atoms. The third-order valence-corrected chi connectivity index (χ3v) is 5.97. The van der Waals surface area contributed by atoms with Gasteiger partial charge in [0.1, 0.15) is 0 Å². The van der Waals surface area contributed by atoms with Crippen LogP contribution < -0.4 is 10.6 Å². The quantitative estimate of drug-likeness (QED) is 0.313. The topological polar surface area (TPSA) is 50.4 Å². The largest absolute Gasteiger partial charge is 0.491 e. The molecule has 0 spiro atoms. The summed E-state index contributed by atoms with van der Waals surface area (Å²) in [5.74, 6) is -4.31. The van der Waals surface area contributed by atoms with Gasteiger partial charge in [-0.05, 0) is 35.2 Å².